The lowest BCUT2D eigenvalue weighted by atomic mass is 9.90. The van der Waals surface area contributed by atoms with Crippen molar-refractivity contribution in [1.82, 2.24) is 10.2 Å². The van der Waals surface area contributed by atoms with Crippen molar-refractivity contribution in [1.29, 1.82) is 0 Å². The molecule has 0 radical (unpaired) electrons. The van der Waals surface area contributed by atoms with Crippen LogP contribution in [0.3, 0.4) is 0 Å². The first-order valence-corrected chi connectivity index (χ1v) is 6.84. The van der Waals surface area contributed by atoms with Crippen LogP contribution in [0.15, 0.2) is 18.2 Å². The first-order chi connectivity index (χ1) is 9.08. The average Bonchev–Trinajstić information content (AvgIpc) is 2.44. The number of phenolic OH excluding ortho intramolecular Hbond substituents is 1. The molecule has 19 heavy (non-hydrogen) atoms. The number of likely N-dealkylation sites (tertiary alicyclic amines) is 1. The highest BCUT2D eigenvalue weighted by atomic mass is 16.5. The van der Waals surface area contributed by atoms with Crippen molar-refractivity contribution in [3.63, 3.8) is 0 Å². The summed E-state index contributed by atoms with van der Waals surface area (Å²) in [6.07, 6.45) is 2.27. The summed E-state index contributed by atoms with van der Waals surface area (Å²) in [6.45, 7) is 5.15. The van der Waals surface area contributed by atoms with Crippen LogP contribution in [0, 0.1) is 0 Å². The second kappa shape index (κ2) is 5.80. The molecule has 1 fully saturated rings. The second-order valence-electron chi connectivity index (χ2n) is 5.55. The van der Waals surface area contributed by atoms with Crippen molar-refractivity contribution in [2.45, 2.75) is 31.8 Å². The third-order valence-electron chi connectivity index (χ3n) is 4.26. The molecule has 106 valence electrons. The minimum absolute atomic E-state index is 0.257. The van der Waals surface area contributed by atoms with Gasteiger partial charge in [-0.3, -0.25) is 4.90 Å². The smallest absolute Gasteiger partial charge is 0.162 e. The predicted molar refractivity (Wildman–Crippen MR) is 76.6 cm³/mol. The van der Waals surface area contributed by atoms with Crippen LogP contribution in [0.4, 0.5) is 0 Å². The van der Waals surface area contributed by atoms with E-state index in [-0.39, 0.29) is 11.3 Å². The lowest BCUT2D eigenvalue weighted by molar-refractivity contribution is 0.145. The number of rotatable bonds is 4. The minimum Gasteiger partial charge on any atom is -0.504 e. The molecule has 0 bridgehead atoms. The molecule has 1 aliphatic rings. The van der Waals surface area contributed by atoms with Crippen LogP contribution in [0.25, 0.3) is 0 Å². The van der Waals surface area contributed by atoms with Gasteiger partial charge in [0.2, 0.25) is 0 Å². The lowest BCUT2D eigenvalue weighted by Crippen LogP contribution is -2.49. The van der Waals surface area contributed by atoms with Crippen molar-refractivity contribution in [2.75, 3.05) is 27.2 Å². The van der Waals surface area contributed by atoms with Gasteiger partial charge in [0.15, 0.2) is 11.5 Å². The fourth-order valence-electron chi connectivity index (χ4n) is 2.56. The normalized spacial score (nSPS) is 19.3. The average molecular weight is 264 g/mol. The molecule has 1 aliphatic heterocycles. The molecule has 1 aromatic rings. The number of aromatic hydroxyl groups is 1. The molecule has 1 aromatic carbocycles. The Bertz CT molecular complexity index is 426. The van der Waals surface area contributed by atoms with Crippen molar-refractivity contribution < 1.29 is 9.84 Å². The number of benzene rings is 1. The van der Waals surface area contributed by atoms with Gasteiger partial charge in [-0.25, -0.2) is 0 Å². The summed E-state index contributed by atoms with van der Waals surface area (Å²) in [5.74, 6) is 0.821. The molecule has 1 heterocycles. The van der Waals surface area contributed by atoms with Crippen LogP contribution < -0.4 is 10.1 Å². The zero-order valence-electron chi connectivity index (χ0n) is 12.1. The van der Waals surface area contributed by atoms with Crippen molar-refractivity contribution >= 4 is 0 Å². The van der Waals surface area contributed by atoms with E-state index in [4.69, 9.17) is 4.74 Å². The van der Waals surface area contributed by atoms with E-state index in [1.807, 2.05) is 19.2 Å². The maximum Gasteiger partial charge on any atom is 0.162 e. The molecule has 0 aliphatic carbocycles. The Balaban J connectivity index is 2.00. The second-order valence-corrected chi connectivity index (χ2v) is 5.55. The topological polar surface area (TPSA) is 44.7 Å². The van der Waals surface area contributed by atoms with E-state index in [1.165, 1.54) is 0 Å². The van der Waals surface area contributed by atoms with E-state index in [0.717, 1.165) is 38.0 Å². The molecule has 0 aromatic heterocycles. The first kappa shape index (κ1) is 14.2. The van der Waals surface area contributed by atoms with Crippen molar-refractivity contribution in [2.24, 2.45) is 0 Å². The maximum absolute atomic E-state index is 10.1. The highest BCUT2D eigenvalue weighted by molar-refractivity contribution is 5.45. The number of hydrogen-bond acceptors (Lipinski definition) is 4. The van der Waals surface area contributed by atoms with E-state index < -0.39 is 0 Å². The summed E-state index contributed by atoms with van der Waals surface area (Å²) in [5.41, 5.74) is 1.19. The highest BCUT2D eigenvalue weighted by Gasteiger charge is 2.28. The summed E-state index contributed by atoms with van der Waals surface area (Å²) in [5, 5.41) is 13.5. The number of nitrogens with one attached hydrogen (secondary N) is 1. The van der Waals surface area contributed by atoms with Gasteiger partial charge in [0.25, 0.3) is 0 Å². The molecular formula is C15H24N2O2. The van der Waals surface area contributed by atoms with Crippen LogP contribution in [-0.4, -0.2) is 42.8 Å². The Labute approximate surface area is 115 Å². The predicted octanol–water partition coefficient (Wildman–Crippen LogP) is 1.97. The largest absolute Gasteiger partial charge is 0.504 e. The molecule has 0 saturated carbocycles. The standard InChI is InChI=1S/C15H24N2O2/c1-15(16-2)7-9-17(10-8-15)11-12-5-4-6-13(19-3)14(12)18/h4-6,16,18H,7-11H2,1-3H3. The molecular weight excluding hydrogens is 240 g/mol. The third-order valence-corrected chi connectivity index (χ3v) is 4.26. The van der Waals surface area contributed by atoms with Gasteiger partial charge in [-0.2, -0.15) is 0 Å². The van der Waals surface area contributed by atoms with Gasteiger partial charge in [0.05, 0.1) is 7.11 Å². The molecule has 4 nitrogen and oxygen atoms in total. The van der Waals surface area contributed by atoms with Gasteiger partial charge >= 0.3 is 0 Å². The van der Waals surface area contributed by atoms with Gasteiger partial charge in [-0.15, -0.1) is 0 Å². The van der Waals surface area contributed by atoms with Crippen LogP contribution in [0.5, 0.6) is 11.5 Å². The summed E-state index contributed by atoms with van der Waals surface area (Å²) in [4.78, 5) is 2.38. The number of hydrogen-bond donors (Lipinski definition) is 2. The monoisotopic (exact) mass is 264 g/mol. The summed E-state index contributed by atoms with van der Waals surface area (Å²) in [7, 11) is 3.61. The van der Waals surface area contributed by atoms with Crippen LogP contribution >= 0.6 is 0 Å². The van der Waals surface area contributed by atoms with E-state index in [2.05, 4.69) is 17.1 Å². The number of ether oxygens (including phenoxy) is 1. The molecule has 4 heteroatoms. The zero-order valence-corrected chi connectivity index (χ0v) is 12.1. The minimum atomic E-state index is 0.257. The molecule has 2 rings (SSSR count). The summed E-state index contributed by atoms with van der Waals surface area (Å²) in [6, 6.07) is 5.67. The van der Waals surface area contributed by atoms with E-state index >= 15 is 0 Å². The number of methoxy groups -OCH3 is 1. The van der Waals surface area contributed by atoms with E-state index in [1.54, 1.807) is 13.2 Å². The van der Waals surface area contributed by atoms with Crippen LogP contribution in [-0.2, 0) is 6.54 Å². The molecule has 0 unspecified atom stereocenters. The maximum atomic E-state index is 10.1. The SMILES string of the molecule is CNC1(C)CCN(Cc2cccc(OC)c2O)CC1. The Morgan fingerprint density at radius 2 is 2.05 bits per heavy atom. The van der Waals surface area contributed by atoms with Gasteiger partial charge < -0.3 is 15.2 Å². The fourth-order valence-corrected chi connectivity index (χ4v) is 2.56. The number of para-hydroxylation sites is 1. The Kier molecular flexibility index (Phi) is 4.32. The van der Waals surface area contributed by atoms with E-state index in [9.17, 15) is 5.11 Å². The lowest BCUT2D eigenvalue weighted by Gasteiger charge is -2.39. The quantitative estimate of drug-likeness (QED) is 0.873. The Morgan fingerprint density at radius 3 is 2.63 bits per heavy atom. The Morgan fingerprint density at radius 1 is 1.37 bits per heavy atom. The van der Waals surface area contributed by atoms with Gasteiger partial charge in [-0.1, -0.05) is 12.1 Å². The third kappa shape index (κ3) is 3.19. The van der Waals surface area contributed by atoms with Crippen molar-refractivity contribution in [3.05, 3.63) is 23.8 Å². The highest BCUT2D eigenvalue weighted by Crippen LogP contribution is 2.31. The van der Waals surface area contributed by atoms with E-state index in [0.29, 0.717) is 5.75 Å². The van der Waals surface area contributed by atoms with Gasteiger partial charge in [0.1, 0.15) is 0 Å². The molecule has 0 amide bonds. The van der Waals surface area contributed by atoms with Crippen LogP contribution in [0.1, 0.15) is 25.3 Å². The summed E-state index contributed by atoms with van der Waals surface area (Å²) < 4.78 is 5.15. The van der Waals surface area contributed by atoms with Crippen molar-refractivity contribution in [3.8, 4) is 11.5 Å². The zero-order chi connectivity index (χ0) is 13.9. The molecule has 1 saturated heterocycles. The number of phenols is 1. The molecule has 0 spiro atoms. The van der Waals surface area contributed by atoms with Gasteiger partial charge in [0, 0.05) is 30.7 Å². The fraction of sp³-hybridized carbons (Fsp3) is 0.600. The molecule has 0 atom stereocenters. The first-order valence-electron chi connectivity index (χ1n) is 6.84. The number of piperidine rings is 1. The van der Waals surface area contributed by atoms with Crippen LogP contribution in [0.2, 0.25) is 0 Å². The Hall–Kier alpha value is -1.26. The summed E-state index contributed by atoms with van der Waals surface area (Å²) >= 11 is 0. The van der Waals surface area contributed by atoms with Gasteiger partial charge in [-0.05, 0) is 32.9 Å². The number of nitrogens with zero attached hydrogens (tertiary/aromatic N) is 1. The molecule has 2 N–H and O–H groups in total.